The molecule has 2 rings (SSSR count). The standard InChI is InChI=1S/C15H19BrN2OS/c1-10(2)17-7-12-6-13(4-5-14(12)16)19-8-15-18-11(3)9-20-15/h4-6,9-10,17H,7-8H2,1-3H3. The maximum atomic E-state index is 5.81. The molecule has 0 bridgehead atoms. The van der Waals surface area contributed by atoms with Crippen molar-refractivity contribution in [3.8, 4) is 5.75 Å². The Balaban J connectivity index is 1.99. The van der Waals surface area contributed by atoms with E-state index in [0.29, 0.717) is 12.6 Å². The molecular weight excluding hydrogens is 336 g/mol. The minimum absolute atomic E-state index is 0.463. The Hall–Kier alpha value is -0.910. The highest BCUT2D eigenvalue weighted by Gasteiger charge is 2.05. The first kappa shape index (κ1) is 15.5. The molecule has 0 unspecified atom stereocenters. The molecule has 0 radical (unpaired) electrons. The molecular formula is C15H19BrN2OS. The van der Waals surface area contributed by atoms with Gasteiger partial charge in [0.15, 0.2) is 0 Å². The van der Waals surface area contributed by atoms with E-state index in [4.69, 9.17) is 4.74 Å². The lowest BCUT2D eigenvalue weighted by Gasteiger charge is -2.12. The van der Waals surface area contributed by atoms with Crippen LogP contribution in [0.5, 0.6) is 5.75 Å². The van der Waals surface area contributed by atoms with E-state index in [9.17, 15) is 0 Å². The van der Waals surface area contributed by atoms with Crippen LogP contribution >= 0.6 is 27.3 Å². The molecule has 1 aromatic heterocycles. The predicted octanol–water partition coefficient (Wildman–Crippen LogP) is 4.29. The summed E-state index contributed by atoms with van der Waals surface area (Å²) in [7, 11) is 0. The largest absolute Gasteiger partial charge is 0.486 e. The Bertz CT molecular complexity index is 569. The van der Waals surface area contributed by atoms with Gasteiger partial charge in [0.25, 0.3) is 0 Å². The van der Waals surface area contributed by atoms with Gasteiger partial charge in [0, 0.05) is 28.1 Å². The van der Waals surface area contributed by atoms with E-state index >= 15 is 0 Å². The van der Waals surface area contributed by atoms with Crippen molar-refractivity contribution in [2.24, 2.45) is 0 Å². The van der Waals surface area contributed by atoms with Crippen LogP contribution < -0.4 is 10.1 Å². The summed E-state index contributed by atoms with van der Waals surface area (Å²) in [6.07, 6.45) is 0. The SMILES string of the molecule is Cc1csc(COc2ccc(Br)c(CNC(C)C)c2)n1. The van der Waals surface area contributed by atoms with E-state index in [0.717, 1.165) is 27.5 Å². The Morgan fingerprint density at radius 3 is 2.85 bits per heavy atom. The third kappa shape index (κ3) is 4.58. The normalized spacial score (nSPS) is 11.1. The van der Waals surface area contributed by atoms with Crippen LogP contribution in [0.25, 0.3) is 0 Å². The second-order valence-corrected chi connectivity index (χ2v) is 6.76. The van der Waals surface area contributed by atoms with E-state index in [1.54, 1.807) is 11.3 Å². The smallest absolute Gasteiger partial charge is 0.140 e. The lowest BCUT2D eigenvalue weighted by Crippen LogP contribution is -2.22. The third-order valence-electron chi connectivity index (χ3n) is 2.75. The van der Waals surface area contributed by atoms with Crippen molar-refractivity contribution in [2.75, 3.05) is 0 Å². The molecule has 0 spiro atoms. The van der Waals surface area contributed by atoms with Gasteiger partial charge in [-0.3, -0.25) is 0 Å². The minimum atomic E-state index is 0.463. The van der Waals surface area contributed by atoms with Crippen molar-refractivity contribution < 1.29 is 4.74 Å². The number of rotatable bonds is 6. The molecule has 5 heteroatoms. The Morgan fingerprint density at radius 2 is 2.20 bits per heavy atom. The van der Waals surface area contributed by atoms with Crippen molar-refractivity contribution in [1.29, 1.82) is 0 Å². The Kier molecular flexibility index (Phi) is 5.57. The summed E-state index contributed by atoms with van der Waals surface area (Å²) >= 11 is 5.21. The van der Waals surface area contributed by atoms with Crippen molar-refractivity contribution >= 4 is 27.3 Å². The second kappa shape index (κ2) is 7.20. The molecule has 3 nitrogen and oxygen atoms in total. The number of nitrogens with one attached hydrogen (secondary N) is 1. The minimum Gasteiger partial charge on any atom is -0.486 e. The lowest BCUT2D eigenvalue weighted by molar-refractivity contribution is 0.305. The van der Waals surface area contributed by atoms with Crippen LogP contribution in [0.2, 0.25) is 0 Å². The van der Waals surface area contributed by atoms with Crippen LogP contribution in [0, 0.1) is 6.92 Å². The number of hydrogen-bond acceptors (Lipinski definition) is 4. The molecule has 0 amide bonds. The number of aromatic nitrogens is 1. The lowest BCUT2D eigenvalue weighted by atomic mass is 10.2. The second-order valence-electron chi connectivity index (χ2n) is 4.96. The van der Waals surface area contributed by atoms with Gasteiger partial charge in [0.05, 0.1) is 0 Å². The average molecular weight is 355 g/mol. The maximum absolute atomic E-state index is 5.81. The molecule has 1 aromatic carbocycles. The number of aryl methyl sites for hydroxylation is 1. The fourth-order valence-corrected chi connectivity index (χ4v) is 2.77. The van der Waals surface area contributed by atoms with Crippen LogP contribution in [0.3, 0.4) is 0 Å². The highest BCUT2D eigenvalue weighted by Crippen LogP contribution is 2.23. The Labute approximate surface area is 132 Å². The van der Waals surface area contributed by atoms with Gasteiger partial charge in [0.1, 0.15) is 17.4 Å². The summed E-state index contributed by atoms with van der Waals surface area (Å²) in [5.74, 6) is 0.876. The summed E-state index contributed by atoms with van der Waals surface area (Å²) < 4.78 is 6.91. The first-order valence-corrected chi connectivity index (χ1v) is 8.27. The zero-order valence-corrected chi connectivity index (χ0v) is 14.3. The van der Waals surface area contributed by atoms with Crippen LogP contribution in [-0.2, 0) is 13.2 Å². The van der Waals surface area contributed by atoms with Crippen LogP contribution in [0.4, 0.5) is 0 Å². The molecule has 0 fully saturated rings. The fraction of sp³-hybridized carbons (Fsp3) is 0.400. The number of thiazole rings is 1. The van der Waals surface area contributed by atoms with Gasteiger partial charge in [-0.25, -0.2) is 4.98 Å². The topological polar surface area (TPSA) is 34.1 Å². The summed E-state index contributed by atoms with van der Waals surface area (Å²) in [5, 5.41) is 6.46. The van der Waals surface area contributed by atoms with Gasteiger partial charge in [-0.15, -0.1) is 11.3 Å². The number of nitrogens with zero attached hydrogens (tertiary/aromatic N) is 1. The van der Waals surface area contributed by atoms with Crippen molar-refractivity contribution in [3.05, 3.63) is 44.3 Å². The van der Waals surface area contributed by atoms with Crippen LogP contribution in [0.1, 0.15) is 30.1 Å². The van der Waals surface area contributed by atoms with E-state index in [2.05, 4.69) is 46.1 Å². The van der Waals surface area contributed by atoms with Gasteiger partial charge in [-0.2, -0.15) is 0 Å². The number of benzene rings is 1. The van der Waals surface area contributed by atoms with Gasteiger partial charge < -0.3 is 10.1 Å². The molecule has 1 heterocycles. The molecule has 108 valence electrons. The van der Waals surface area contributed by atoms with E-state index < -0.39 is 0 Å². The molecule has 2 aromatic rings. The summed E-state index contributed by atoms with van der Waals surface area (Å²) in [4.78, 5) is 4.40. The molecule has 0 saturated carbocycles. The molecule has 0 atom stereocenters. The van der Waals surface area contributed by atoms with Crippen molar-refractivity contribution in [1.82, 2.24) is 10.3 Å². The Morgan fingerprint density at radius 1 is 1.40 bits per heavy atom. The zero-order chi connectivity index (χ0) is 14.5. The summed E-state index contributed by atoms with van der Waals surface area (Å²) in [6.45, 7) is 7.62. The van der Waals surface area contributed by atoms with Gasteiger partial charge in [-0.1, -0.05) is 29.8 Å². The van der Waals surface area contributed by atoms with Gasteiger partial charge in [-0.05, 0) is 30.7 Å². The summed E-state index contributed by atoms with van der Waals surface area (Å²) in [5.41, 5.74) is 2.25. The van der Waals surface area contributed by atoms with Gasteiger partial charge in [0.2, 0.25) is 0 Å². The first-order valence-electron chi connectivity index (χ1n) is 6.60. The molecule has 0 saturated heterocycles. The zero-order valence-electron chi connectivity index (χ0n) is 11.9. The fourth-order valence-electron chi connectivity index (χ4n) is 1.70. The molecule has 20 heavy (non-hydrogen) atoms. The van der Waals surface area contributed by atoms with E-state index in [1.807, 2.05) is 24.4 Å². The highest BCUT2D eigenvalue weighted by molar-refractivity contribution is 9.10. The van der Waals surface area contributed by atoms with E-state index in [-0.39, 0.29) is 0 Å². The monoisotopic (exact) mass is 354 g/mol. The number of ether oxygens (including phenoxy) is 1. The van der Waals surface area contributed by atoms with E-state index in [1.165, 1.54) is 5.56 Å². The molecule has 0 aliphatic rings. The molecule has 1 N–H and O–H groups in total. The van der Waals surface area contributed by atoms with Crippen LogP contribution in [-0.4, -0.2) is 11.0 Å². The maximum Gasteiger partial charge on any atom is 0.140 e. The summed E-state index contributed by atoms with van der Waals surface area (Å²) in [6, 6.07) is 6.54. The molecule has 0 aliphatic heterocycles. The highest BCUT2D eigenvalue weighted by atomic mass is 79.9. The third-order valence-corrected chi connectivity index (χ3v) is 4.46. The van der Waals surface area contributed by atoms with Crippen molar-refractivity contribution in [2.45, 2.75) is 40.0 Å². The van der Waals surface area contributed by atoms with Gasteiger partial charge >= 0.3 is 0 Å². The van der Waals surface area contributed by atoms with Crippen LogP contribution in [0.15, 0.2) is 28.1 Å². The number of halogens is 1. The quantitative estimate of drug-likeness (QED) is 0.839. The predicted molar refractivity (Wildman–Crippen MR) is 87.3 cm³/mol. The average Bonchev–Trinajstić information content (AvgIpc) is 2.82. The number of hydrogen-bond donors (Lipinski definition) is 1. The van der Waals surface area contributed by atoms with Crippen molar-refractivity contribution in [3.63, 3.8) is 0 Å². The first-order chi connectivity index (χ1) is 9.54. The molecule has 0 aliphatic carbocycles.